The second-order valence-electron chi connectivity index (χ2n) is 17.2. The molecule has 4 aromatic rings. The fourth-order valence-electron chi connectivity index (χ4n) is 10.1. The summed E-state index contributed by atoms with van der Waals surface area (Å²) in [7, 11) is 1.45. The number of methoxy groups -OCH3 is 1. The van der Waals surface area contributed by atoms with Crippen molar-refractivity contribution < 1.29 is 41.9 Å². The lowest BCUT2D eigenvalue weighted by Crippen LogP contribution is -2.54. The Balaban J connectivity index is 0.763. The van der Waals surface area contributed by atoms with Crippen molar-refractivity contribution in [3.63, 3.8) is 0 Å². The molecule has 14 nitrogen and oxygen atoms in total. The van der Waals surface area contributed by atoms with Gasteiger partial charge < -0.3 is 19.9 Å². The molecular weight excluding hydrogens is 794 g/mol. The number of piperidine rings is 3. The number of nitrogens with zero attached hydrogens (tertiary/aromatic N) is 6. The lowest BCUT2D eigenvalue weighted by atomic mass is 9.71. The molecule has 1 aliphatic carbocycles. The molecular formula is C44H47F3N8O6. The van der Waals surface area contributed by atoms with Crippen LogP contribution in [0.4, 0.5) is 24.5 Å². The van der Waals surface area contributed by atoms with E-state index in [2.05, 4.69) is 25.4 Å². The van der Waals surface area contributed by atoms with E-state index >= 15 is 0 Å². The largest absolute Gasteiger partial charge is 0.494 e. The smallest absolute Gasteiger partial charge is 0.433 e. The molecule has 17 heteroatoms. The molecule has 61 heavy (non-hydrogen) atoms. The number of anilines is 2. The molecule has 2 aromatic carbocycles. The van der Waals surface area contributed by atoms with Gasteiger partial charge in [0, 0.05) is 43.7 Å². The Morgan fingerprint density at radius 1 is 0.918 bits per heavy atom. The van der Waals surface area contributed by atoms with Crippen LogP contribution >= 0.6 is 0 Å². The molecule has 2 aromatic heterocycles. The first kappa shape index (κ1) is 40.6. The topological polar surface area (TPSA) is 159 Å². The lowest BCUT2D eigenvalue weighted by molar-refractivity contribution is -0.141. The van der Waals surface area contributed by atoms with Crippen LogP contribution in [0.3, 0.4) is 0 Å². The highest BCUT2D eigenvalue weighted by atomic mass is 19.4. The fourth-order valence-corrected chi connectivity index (χ4v) is 10.1. The molecule has 320 valence electrons. The van der Waals surface area contributed by atoms with Crippen molar-refractivity contribution in [2.75, 3.05) is 50.1 Å². The van der Waals surface area contributed by atoms with Gasteiger partial charge in [-0.2, -0.15) is 18.3 Å². The molecule has 1 atom stereocenters. The first-order valence-corrected chi connectivity index (χ1v) is 21.0. The number of carbonyl (C=O) groups is 5. The molecule has 1 saturated carbocycles. The molecule has 2 N–H and O–H groups in total. The van der Waals surface area contributed by atoms with Crippen LogP contribution in [0, 0.1) is 11.3 Å². The molecule has 5 amide bonds. The van der Waals surface area contributed by atoms with E-state index in [4.69, 9.17) is 9.84 Å². The number of rotatable bonds is 8. The Labute approximate surface area is 349 Å². The van der Waals surface area contributed by atoms with Crippen molar-refractivity contribution in [2.45, 2.75) is 82.5 Å². The van der Waals surface area contributed by atoms with Crippen molar-refractivity contribution in [3.8, 4) is 5.75 Å². The highest BCUT2D eigenvalue weighted by molar-refractivity contribution is 6.25. The van der Waals surface area contributed by atoms with Gasteiger partial charge in [0.1, 0.15) is 23.2 Å². The summed E-state index contributed by atoms with van der Waals surface area (Å²) in [4.78, 5) is 73.7. The predicted molar refractivity (Wildman–Crippen MR) is 217 cm³/mol. The Morgan fingerprint density at radius 3 is 2.34 bits per heavy atom. The Hall–Kier alpha value is -5.84. The Bertz CT molecular complexity index is 2410. The van der Waals surface area contributed by atoms with Gasteiger partial charge >= 0.3 is 6.18 Å². The number of amides is 5. The second-order valence-corrected chi connectivity index (χ2v) is 17.2. The normalized spacial score (nSPS) is 23.4. The monoisotopic (exact) mass is 840 g/mol. The second kappa shape index (κ2) is 15.9. The van der Waals surface area contributed by atoms with E-state index < -0.39 is 47.4 Å². The zero-order chi connectivity index (χ0) is 42.6. The summed E-state index contributed by atoms with van der Waals surface area (Å²) in [6.07, 6.45) is 5.84. The summed E-state index contributed by atoms with van der Waals surface area (Å²) >= 11 is 0. The first-order chi connectivity index (χ1) is 29.3. The molecule has 1 spiro atoms. The van der Waals surface area contributed by atoms with Gasteiger partial charge in [0.25, 0.3) is 17.7 Å². The number of ether oxygens (including phenoxy) is 1. The van der Waals surface area contributed by atoms with E-state index in [1.54, 1.807) is 24.3 Å². The van der Waals surface area contributed by atoms with Crippen LogP contribution in [0.5, 0.6) is 5.75 Å². The zero-order valence-electron chi connectivity index (χ0n) is 33.8. The number of halogens is 3. The maximum Gasteiger partial charge on any atom is 0.433 e. The standard InChI is InChI=1S/C44H47F3N8O6/c1-61-35-23-31-27(22-32(35)49-39(57)30-5-3-7-36(48-30)44(45,46)47)25-54(51-31)28-10-8-26(9-11-28)24-52-18-14-43(15-19-52)16-20-53(21-17-43)33-6-2-4-29-38(33)42(60)55(41(29)59)34-12-13-37(56)50-40(34)58/h2-7,22-23,25-26,28,34H,8-21,24H2,1H3,(H,49,57)(H,50,56,58)/t26-,28-,34?. The summed E-state index contributed by atoms with van der Waals surface area (Å²) in [6.45, 7) is 4.71. The van der Waals surface area contributed by atoms with Crippen LogP contribution in [0.15, 0.2) is 54.7 Å². The van der Waals surface area contributed by atoms with Gasteiger partial charge in [0.05, 0.1) is 41.2 Å². The molecule has 4 aliphatic heterocycles. The van der Waals surface area contributed by atoms with Crippen molar-refractivity contribution in [1.29, 1.82) is 0 Å². The van der Waals surface area contributed by atoms with E-state index in [0.29, 0.717) is 34.0 Å². The molecule has 3 saturated heterocycles. The van der Waals surface area contributed by atoms with Crippen molar-refractivity contribution in [2.24, 2.45) is 11.3 Å². The number of benzene rings is 2. The number of aromatic nitrogens is 3. The number of alkyl halides is 3. The number of hydrogen-bond donors (Lipinski definition) is 2. The third-order valence-corrected chi connectivity index (χ3v) is 13.6. The van der Waals surface area contributed by atoms with E-state index in [0.717, 1.165) is 112 Å². The van der Waals surface area contributed by atoms with Crippen LogP contribution in [-0.2, 0) is 15.8 Å². The average molecular weight is 841 g/mol. The van der Waals surface area contributed by atoms with Crippen molar-refractivity contribution in [1.82, 2.24) is 29.9 Å². The number of likely N-dealkylation sites (tertiary alicyclic amines) is 1. The van der Waals surface area contributed by atoms with E-state index in [1.807, 2.05) is 16.9 Å². The number of nitrogens with one attached hydrogen (secondary N) is 2. The average Bonchev–Trinajstić information content (AvgIpc) is 3.78. The van der Waals surface area contributed by atoms with Crippen LogP contribution < -0.4 is 20.3 Å². The predicted octanol–water partition coefficient (Wildman–Crippen LogP) is 6.23. The number of carbonyl (C=O) groups excluding carboxylic acids is 5. The lowest BCUT2D eigenvalue weighted by Gasteiger charge is -2.48. The zero-order valence-corrected chi connectivity index (χ0v) is 33.8. The summed E-state index contributed by atoms with van der Waals surface area (Å²) in [5.74, 6) is -1.82. The van der Waals surface area contributed by atoms with Gasteiger partial charge in [0.2, 0.25) is 11.8 Å². The maximum atomic E-state index is 13.7. The molecule has 4 fully saturated rings. The van der Waals surface area contributed by atoms with E-state index in [1.165, 1.54) is 13.2 Å². The van der Waals surface area contributed by atoms with Crippen LogP contribution in [0.2, 0.25) is 0 Å². The molecule has 5 aliphatic rings. The van der Waals surface area contributed by atoms with Crippen LogP contribution in [-0.4, -0.2) is 100.0 Å². The number of pyridine rings is 1. The van der Waals surface area contributed by atoms with Crippen LogP contribution in [0.25, 0.3) is 10.9 Å². The summed E-state index contributed by atoms with van der Waals surface area (Å²) in [5.41, 5.74) is 1.14. The molecule has 9 rings (SSSR count). The van der Waals surface area contributed by atoms with Gasteiger partial charge in [0.15, 0.2) is 0 Å². The van der Waals surface area contributed by atoms with Gasteiger partial charge in [-0.25, -0.2) is 4.98 Å². The van der Waals surface area contributed by atoms with Gasteiger partial charge in [-0.05, 0) is 113 Å². The van der Waals surface area contributed by atoms with Crippen molar-refractivity contribution in [3.05, 3.63) is 77.2 Å². The third kappa shape index (κ3) is 7.83. The number of imide groups is 2. The molecule has 0 bridgehead atoms. The first-order valence-electron chi connectivity index (χ1n) is 21.0. The Morgan fingerprint density at radius 2 is 1.64 bits per heavy atom. The summed E-state index contributed by atoms with van der Waals surface area (Å²) in [5, 5.41) is 10.5. The van der Waals surface area contributed by atoms with Gasteiger partial charge in [-0.1, -0.05) is 12.1 Å². The maximum absolute atomic E-state index is 13.7. The quantitative estimate of drug-likeness (QED) is 0.195. The minimum atomic E-state index is -4.67. The van der Waals surface area contributed by atoms with Crippen molar-refractivity contribution >= 4 is 51.8 Å². The minimum absolute atomic E-state index is 0.0820. The number of fused-ring (bicyclic) bond motifs is 2. The summed E-state index contributed by atoms with van der Waals surface area (Å²) < 4.78 is 47.1. The molecule has 6 heterocycles. The van der Waals surface area contributed by atoms with Crippen LogP contribution in [0.1, 0.15) is 107 Å². The summed E-state index contributed by atoms with van der Waals surface area (Å²) in [6, 6.07) is 11.2. The van der Waals surface area contributed by atoms with Gasteiger partial charge in [-0.3, -0.25) is 38.9 Å². The Kier molecular flexibility index (Phi) is 10.6. The minimum Gasteiger partial charge on any atom is -0.494 e. The SMILES string of the molecule is COc1cc2nn([C@H]3CC[C@H](CN4CCC5(CC4)CCN(c4cccc6c4C(=O)N(C4CCC(=O)NC4=O)C6=O)CC5)CC3)cc2cc1NC(=O)c1cccc(C(F)(F)F)n1. The molecule has 1 unspecified atom stereocenters. The van der Waals surface area contributed by atoms with E-state index in [9.17, 15) is 37.1 Å². The number of hydrogen-bond acceptors (Lipinski definition) is 10. The molecule has 0 radical (unpaired) electrons. The fraction of sp³-hybridized carbons (Fsp3) is 0.477. The highest BCUT2D eigenvalue weighted by Crippen LogP contribution is 2.45. The van der Waals surface area contributed by atoms with E-state index in [-0.39, 0.29) is 30.0 Å². The highest BCUT2D eigenvalue weighted by Gasteiger charge is 2.47. The van der Waals surface area contributed by atoms with Gasteiger partial charge in [-0.15, -0.1) is 0 Å². The third-order valence-electron chi connectivity index (χ3n) is 13.6.